The van der Waals surface area contributed by atoms with Gasteiger partial charge in [0.1, 0.15) is 0 Å². The van der Waals surface area contributed by atoms with E-state index in [4.69, 9.17) is 11.6 Å². The lowest BCUT2D eigenvalue weighted by atomic mass is 10.3. The molecule has 5 nitrogen and oxygen atoms in total. The molecule has 0 aliphatic rings. The second-order valence-corrected chi connectivity index (χ2v) is 5.75. The van der Waals surface area contributed by atoms with Crippen LogP contribution in [0.25, 0.3) is 0 Å². The van der Waals surface area contributed by atoms with Crippen molar-refractivity contribution in [3.05, 3.63) is 63.8 Å². The van der Waals surface area contributed by atoms with E-state index in [0.717, 1.165) is 5.69 Å². The average molecular weight is 331 g/mol. The van der Waals surface area contributed by atoms with Gasteiger partial charge in [0, 0.05) is 10.7 Å². The summed E-state index contributed by atoms with van der Waals surface area (Å²) in [5.74, 6) is 0.791. The average Bonchev–Trinajstić information content (AvgIpc) is 3.06. The molecule has 1 amide bonds. The Kier molecular flexibility index (Phi) is 4.32. The lowest BCUT2D eigenvalue weighted by Crippen LogP contribution is -2.12. The predicted octanol–water partition coefficient (Wildman–Crippen LogP) is 4.19. The minimum Gasteiger partial charge on any atom is -0.339 e. The Morgan fingerprint density at radius 2 is 1.73 bits per heavy atom. The number of halogens is 1. The van der Waals surface area contributed by atoms with Gasteiger partial charge in [0.05, 0.1) is 4.88 Å². The van der Waals surface area contributed by atoms with Gasteiger partial charge in [-0.1, -0.05) is 17.7 Å². The van der Waals surface area contributed by atoms with E-state index in [1.165, 1.54) is 11.3 Å². The van der Waals surface area contributed by atoms with Crippen LogP contribution in [-0.4, -0.2) is 16.1 Å². The van der Waals surface area contributed by atoms with Crippen molar-refractivity contribution in [2.45, 2.75) is 0 Å². The van der Waals surface area contributed by atoms with Crippen molar-refractivity contribution < 1.29 is 4.79 Å². The Hall–Kier alpha value is -2.44. The maximum Gasteiger partial charge on any atom is 0.266 e. The summed E-state index contributed by atoms with van der Waals surface area (Å²) in [4.78, 5) is 12.5. The molecule has 22 heavy (non-hydrogen) atoms. The molecule has 0 radical (unpaired) electrons. The first-order valence-corrected chi connectivity index (χ1v) is 7.68. The summed E-state index contributed by atoms with van der Waals surface area (Å²) in [6, 6.07) is 14.3. The molecule has 0 saturated heterocycles. The SMILES string of the molecule is O=C(Nc1ccc(Nc2ccc(Cl)cc2)nn1)c1cccs1. The topological polar surface area (TPSA) is 66.9 Å². The number of nitrogens with zero attached hydrogens (tertiary/aromatic N) is 2. The summed E-state index contributed by atoms with van der Waals surface area (Å²) >= 11 is 7.20. The third-order valence-corrected chi connectivity index (χ3v) is 3.89. The van der Waals surface area contributed by atoms with Crippen LogP contribution in [0.4, 0.5) is 17.3 Å². The van der Waals surface area contributed by atoms with Crippen molar-refractivity contribution in [1.82, 2.24) is 10.2 Å². The van der Waals surface area contributed by atoms with Gasteiger partial charge in [-0.15, -0.1) is 21.5 Å². The lowest BCUT2D eigenvalue weighted by Gasteiger charge is -2.06. The van der Waals surface area contributed by atoms with E-state index in [2.05, 4.69) is 20.8 Å². The molecule has 3 aromatic rings. The molecule has 2 N–H and O–H groups in total. The number of hydrogen-bond acceptors (Lipinski definition) is 5. The molecule has 0 unspecified atom stereocenters. The predicted molar refractivity (Wildman–Crippen MR) is 89.0 cm³/mol. The second kappa shape index (κ2) is 6.55. The van der Waals surface area contributed by atoms with E-state index < -0.39 is 0 Å². The largest absolute Gasteiger partial charge is 0.339 e. The van der Waals surface area contributed by atoms with E-state index in [1.54, 1.807) is 30.3 Å². The van der Waals surface area contributed by atoms with Gasteiger partial charge in [0.2, 0.25) is 0 Å². The normalized spacial score (nSPS) is 10.2. The van der Waals surface area contributed by atoms with Crippen LogP contribution in [0.2, 0.25) is 5.02 Å². The molecule has 3 rings (SSSR count). The number of carbonyl (C=O) groups is 1. The fraction of sp³-hybridized carbons (Fsp3) is 0. The molecular weight excluding hydrogens is 320 g/mol. The molecular formula is C15H11ClN4OS. The molecule has 110 valence electrons. The number of rotatable bonds is 4. The lowest BCUT2D eigenvalue weighted by molar-refractivity contribution is 0.103. The summed E-state index contributed by atoms with van der Waals surface area (Å²) in [6.07, 6.45) is 0. The highest BCUT2D eigenvalue weighted by Crippen LogP contribution is 2.18. The van der Waals surface area contributed by atoms with Crippen molar-refractivity contribution in [3.63, 3.8) is 0 Å². The first kappa shape index (κ1) is 14.5. The van der Waals surface area contributed by atoms with E-state index >= 15 is 0 Å². The van der Waals surface area contributed by atoms with Gasteiger partial charge in [0.15, 0.2) is 11.6 Å². The van der Waals surface area contributed by atoms with Crippen molar-refractivity contribution in [1.29, 1.82) is 0 Å². The number of aromatic nitrogens is 2. The quantitative estimate of drug-likeness (QED) is 0.752. The highest BCUT2D eigenvalue weighted by Gasteiger charge is 2.08. The maximum absolute atomic E-state index is 11.9. The zero-order valence-electron chi connectivity index (χ0n) is 11.3. The summed E-state index contributed by atoms with van der Waals surface area (Å²) in [5, 5.41) is 16.3. The van der Waals surface area contributed by atoms with Crippen LogP contribution in [0.15, 0.2) is 53.9 Å². The Morgan fingerprint density at radius 1 is 1.00 bits per heavy atom. The molecule has 0 fully saturated rings. The van der Waals surface area contributed by atoms with Crippen molar-refractivity contribution in [2.75, 3.05) is 10.6 Å². The minimum atomic E-state index is -0.192. The van der Waals surface area contributed by atoms with Gasteiger partial charge in [0.25, 0.3) is 5.91 Å². The Bertz CT molecular complexity index is 757. The molecule has 0 spiro atoms. The Labute approximate surface area is 136 Å². The molecule has 7 heteroatoms. The fourth-order valence-electron chi connectivity index (χ4n) is 1.73. The maximum atomic E-state index is 11.9. The molecule has 0 bridgehead atoms. The first-order chi connectivity index (χ1) is 10.7. The van der Waals surface area contributed by atoms with Crippen molar-refractivity contribution in [2.24, 2.45) is 0 Å². The highest BCUT2D eigenvalue weighted by molar-refractivity contribution is 7.12. The first-order valence-electron chi connectivity index (χ1n) is 6.42. The minimum absolute atomic E-state index is 0.192. The van der Waals surface area contributed by atoms with E-state index in [1.807, 2.05) is 23.6 Å². The molecule has 1 aromatic carbocycles. The van der Waals surface area contributed by atoms with E-state index in [0.29, 0.717) is 21.5 Å². The van der Waals surface area contributed by atoms with Crippen LogP contribution in [0, 0.1) is 0 Å². The van der Waals surface area contributed by atoms with Gasteiger partial charge in [-0.2, -0.15) is 0 Å². The smallest absolute Gasteiger partial charge is 0.266 e. The fourth-order valence-corrected chi connectivity index (χ4v) is 2.48. The molecule has 0 aliphatic carbocycles. The van der Waals surface area contributed by atoms with Gasteiger partial charge in [-0.05, 0) is 47.8 Å². The van der Waals surface area contributed by atoms with Gasteiger partial charge < -0.3 is 10.6 Å². The number of benzene rings is 1. The number of anilines is 3. The van der Waals surface area contributed by atoms with Crippen LogP contribution in [0.3, 0.4) is 0 Å². The third-order valence-electron chi connectivity index (χ3n) is 2.77. The number of amides is 1. The summed E-state index contributed by atoms with van der Waals surface area (Å²) in [7, 11) is 0. The van der Waals surface area contributed by atoms with Crippen LogP contribution >= 0.6 is 22.9 Å². The Morgan fingerprint density at radius 3 is 2.36 bits per heavy atom. The second-order valence-electron chi connectivity index (χ2n) is 4.37. The Balaban J connectivity index is 1.65. The van der Waals surface area contributed by atoms with Gasteiger partial charge in [-0.25, -0.2) is 0 Å². The van der Waals surface area contributed by atoms with Gasteiger partial charge in [-0.3, -0.25) is 4.79 Å². The molecule has 0 atom stereocenters. The zero-order chi connectivity index (χ0) is 15.4. The van der Waals surface area contributed by atoms with Crippen LogP contribution in [0.1, 0.15) is 9.67 Å². The van der Waals surface area contributed by atoms with E-state index in [-0.39, 0.29) is 5.91 Å². The summed E-state index contributed by atoms with van der Waals surface area (Å²) in [6.45, 7) is 0. The number of nitrogens with one attached hydrogen (secondary N) is 2. The molecule has 0 saturated carbocycles. The molecule has 0 aliphatic heterocycles. The summed E-state index contributed by atoms with van der Waals surface area (Å²) in [5.41, 5.74) is 0.856. The molecule has 2 heterocycles. The van der Waals surface area contributed by atoms with Crippen LogP contribution in [0.5, 0.6) is 0 Å². The monoisotopic (exact) mass is 330 g/mol. The van der Waals surface area contributed by atoms with Crippen molar-refractivity contribution in [3.8, 4) is 0 Å². The van der Waals surface area contributed by atoms with Gasteiger partial charge >= 0.3 is 0 Å². The number of hydrogen-bond donors (Lipinski definition) is 2. The number of thiophene rings is 1. The molecule has 2 aromatic heterocycles. The third kappa shape index (κ3) is 3.60. The summed E-state index contributed by atoms with van der Waals surface area (Å²) < 4.78 is 0. The zero-order valence-corrected chi connectivity index (χ0v) is 12.9. The van der Waals surface area contributed by atoms with Crippen LogP contribution in [-0.2, 0) is 0 Å². The van der Waals surface area contributed by atoms with Crippen LogP contribution < -0.4 is 10.6 Å². The standard InChI is InChI=1S/C15H11ClN4OS/c16-10-3-5-11(6-4-10)17-13-7-8-14(20-19-13)18-15(21)12-2-1-9-22-12/h1-9H,(H,17,19)(H,18,20,21). The highest BCUT2D eigenvalue weighted by atomic mass is 35.5. The van der Waals surface area contributed by atoms with Crippen molar-refractivity contribution >= 4 is 46.2 Å². The van der Waals surface area contributed by atoms with E-state index in [9.17, 15) is 4.79 Å². The number of carbonyl (C=O) groups excluding carboxylic acids is 1.